The van der Waals surface area contributed by atoms with Gasteiger partial charge >= 0.3 is 0 Å². The number of hydrogen-bond donors (Lipinski definition) is 1. The minimum absolute atomic E-state index is 0.0597. The molecule has 138 valence electrons. The smallest absolute Gasteiger partial charge is 0.224 e. The Morgan fingerprint density at radius 3 is 2.46 bits per heavy atom. The molecule has 1 N–H and O–H groups in total. The Morgan fingerprint density at radius 1 is 1.08 bits per heavy atom. The summed E-state index contributed by atoms with van der Waals surface area (Å²) in [7, 11) is 1.65. The molecular formula is C21H24ClNO3. The summed E-state index contributed by atoms with van der Waals surface area (Å²) in [5.74, 6) is 2.11. The lowest BCUT2D eigenvalue weighted by molar-refractivity contribution is -0.117. The summed E-state index contributed by atoms with van der Waals surface area (Å²) >= 11 is 5.86. The highest BCUT2D eigenvalue weighted by molar-refractivity contribution is 6.30. The number of nitrogens with one attached hydrogen (secondary N) is 1. The van der Waals surface area contributed by atoms with Gasteiger partial charge in [0, 0.05) is 23.2 Å². The molecule has 3 rings (SSSR count). The number of methoxy groups -OCH3 is 1. The van der Waals surface area contributed by atoms with Gasteiger partial charge in [-0.3, -0.25) is 4.79 Å². The first-order valence-electron chi connectivity index (χ1n) is 8.98. The summed E-state index contributed by atoms with van der Waals surface area (Å²) in [5.41, 5.74) is 0.787. The van der Waals surface area contributed by atoms with Crippen molar-refractivity contribution in [2.45, 2.75) is 38.2 Å². The molecule has 2 aromatic rings. The molecular weight excluding hydrogens is 350 g/mol. The summed E-state index contributed by atoms with van der Waals surface area (Å²) in [6.07, 6.45) is 4.70. The zero-order valence-electron chi connectivity index (χ0n) is 14.9. The number of benzene rings is 2. The van der Waals surface area contributed by atoms with Gasteiger partial charge in [-0.25, -0.2) is 0 Å². The molecule has 0 radical (unpaired) electrons. The van der Waals surface area contributed by atoms with Gasteiger partial charge in [0.05, 0.1) is 13.2 Å². The van der Waals surface area contributed by atoms with E-state index in [4.69, 9.17) is 21.1 Å². The molecule has 2 aromatic carbocycles. The monoisotopic (exact) mass is 373 g/mol. The number of ether oxygens (including phenoxy) is 2. The maximum absolute atomic E-state index is 12.2. The van der Waals surface area contributed by atoms with E-state index in [2.05, 4.69) is 5.32 Å². The summed E-state index contributed by atoms with van der Waals surface area (Å²) in [5, 5.41) is 3.60. The molecule has 1 fully saturated rings. The van der Waals surface area contributed by atoms with Gasteiger partial charge in [-0.2, -0.15) is 0 Å². The van der Waals surface area contributed by atoms with E-state index in [0.717, 1.165) is 42.9 Å². The van der Waals surface area contributed by atoms with E-state index in [9.17, 15) is 4.79 Å². The summed E-state index contributed by atoms with van der Waals surface area (Å²) in [6.45, 7) is 0. The van der Waals surface area contributed by atoms with Gasteiger partial charge in [0.25, 0.3) is 0 Å². The van der Waals surface area contributed by atoms with Crippen molar-refractivity contribution in [3.8, 4) is 11.5 Å². The molecule has 0 heterocycles. The van der Waals surface area contributed by atoms with E-state index < -0.39 is 0 Å². The average molecular weight is 374 g/mol. The third-order valence-corrected chi connectivity index (χ3v) is 4.99. The minimum atomic E-state index is 0.0597. The zero-order chi connectivity index (χ0) is 18.4. The number of halogens is 1. The van der Waals surface area contributed by atoms with Crippen LogP contribution in [0.3, 0.4) is 0 Å². The van der Waals surface area contributed by atoms with Crippen molar-refractivity contribution in [2.75, 3.05) is 12.4 Å². The fourth-order valence-corrected chi connectivity index (χ4v) is 3.45. The van der Waals surface area contributed by atoms with Crippen molar-refractivity contribution in [3.05, 3.63) is 53.6 Å². The second-order valence-electron chi connectivity index (χ2n) is 6.70. The van der Waals surface area contributed by atoms with E-state index in [-0.39, 0.29) is 12.0 Å². The fraction of sp³-hybridized carbons (Fsp3) is 0.381. The van der Waals surface area contributed by atoms with Crippen LogP contribution in [0.1, 0.15) is 32.1 Å². The Morgan fingerprint density at radius 2 is 1.77 bits per heavy atom. The Bertz CT molecular complexity index is 724. The molecule has 1 aliphatic rings. The first-order valence-corrected chi connectivity index (χ1v) is 9.36. The van der Waals surface area contributed by atoms with Crippen molar-refractivity contribution < 1.29 is 14.3 Å². The third-order valence-electron chi connectivity index (χ3n) is 4.74. The lowest BCUT2D eigenvalue weighted by Gasteiger charge is -2.28. The summed E-state index contributed by atoms with van der Waals surface area (Å²) in [4.78, 5) is 12.2. The molecule has 26 heavy (non-hydrogen) atoms. The maximum atomic E-state index is 12.2. The number of anilines is 1. The highest BCUT2D eigenvalue weighted by atomic mass is 35.5. The quantitative estimate of drug-likeness (QED) is 0.745. The van der Waals surface area contributed by atoms with Crippen molar-refractivity contribution in [3.63, 3.8) is 0 Å². The highest BCUT2D eigenvalue weighted by Gasteiger charge is 2.24. The van der Waals surface area contributed by atoms with Gasteiger partial charge in [-0.1, -0.05) is 17.7 Å². The molecule has 0 aliphatic heterocycles. The standard InChI is InChI=1S/C21H24ClNO3/c1-25-19-3-2-4-20(14-19)26-18-11-5-15(6-12-18)13-21(24)23-17-9-7-16(22)8-10-17/h2-4,7-10,14-15,18H,5-6,11-13H2,1H3,(H,23,24)/t15-,18+. The molecule has 0 atom stereocenters. The van der Waals surface area contributed by atoms with Gasteiger partial charge in [0.15, 0.2) is 0 Å². The van der Waals surface area contributed by atoms with Crippen LogP contribution in [0, 0.1) is 5.92 Å². The van der Waals surface area contributed by atoms with E-state index >= 15 is 0 Å². The maximum Gasteiger partial charge on any atom is 0.224 e. The van der Waals surface area contributed by atoms with Crippen LogP contribution in [-0.2, 0) is 4.79 Å². The van der Waals surface area contributed by atoms with E-state index in [1.54, 1.807) is 19.2 Å². The van der Waals surface area contributed by atoms with Crippen molar-refractivity contribution >= 4 is 23.2 Å². The Labute approximate surface area is 159 Å². The van der Waals surface area contributed by atoms with Gasteiger partial charge < -0.3 is 14.8 Å². The number of carbonyl (C=O) groups is 1. The molecule has 5 heteroatoms. The number of rotatable bonds is 6. The zero-order valence-corrected chi connectivity index (χ0v) is 15.7. The first kappa shape index (κ1) is 18.6. The summed E-state index contributed by atoms with van der Waals surface area (Å²) in [6, 6.07) is 14.9. The number of carbonyl (C=O) groups excluding carboxylic acids is 1. The molecule has 0 spiro atoms. The van der Waals surface area contributed by atoms with Crippen LogP contribution in [0.5, 0.6) is 11.5 Å². The van der Waals surface area contributed by atoms with E-state index in [0.29, 0.717) is 17.4 Å². The lowest BCUT2D eigenvalue weighted by Crippen LogP contribution is -2.26. The van der Waals surface area contributed by atoms with Crippen LogP contribution in [0.2, 0.25) is 5.02 Å². The molecule has 4 nitrogen and oxygen atoms in total. The molecule has 0 unspecified atom stereocenters. The fourth-order valence-electron chi connectivity index (χ4n) is 3.33. The van der Waals surface area contributed by atoms with Crippen LogP contribution < -0.4 is 14.8 Å². The molecule has 1 saturated carbocycles. The second-order valence-corrected chi connectivity index (χ2v) is 7.14. The van der Waals surface area contributed by atoms with Crippen LogP contribution in [-0.4, -0.2) is 19.1 Å². The second kappa shape index (κ2) is 8.95. The van der Waals surface area contributed by atoms with Crippen molar-refractivity contribution in [2.24, 2.45) is 5.92 Å². The van der Waals surface area contributed by atoms with Crippen LogP contribution >= 0.6 is 11.6 Å². The Balaban J connectivity index is 1.43. The van der Waals surface area contributed by atoms with Gasteiger partial charge in [0.2, 0.25) is 5.91 Å². The molecule has 0 saturated heterocycles. The lowest BCUT2D eigenvalue weighted by atomic mass is 9.85. The number of hydrogen-bond acceptors (Lipinski definition) is 3. The highest BCUT2D eigenvalue weighted by Crippen LogP contribution is 2.31. The molecule has 0 bridgehead atoms. The SMILES string of the molecule is COc1cccc(O[C@H]2CC[C@@H](CC(=O)Nc3ccc(Cl)cc3)CC2)c1. The van der Waals surface area contributed by atoms with Gasteiger partial charge in [-0.05, 0) is 68.0 Å². The van der Waals surface area contributed by atoms with Crippen molar-refractivity contribution in [1.29, 1.82) is 0 Å². The molecule has 1 aliphatic carbocycles. The van der Waals surface area contributed by atoms with Gasteiger partial charge in [-0.15, -0.1) is 0 Å². The topological polar surface area (TPSA) is 47.6 Å². The summed E-state index contributed by atoms with van der Waals surface area (Å²) < 4.78 is 11.3. The Hall–Kier alpha value is -2.20. The predicted molar refractivity (Wildman–Crippen MR) is 104 cm³/mol. The van der Waals surface area contributed by atoms with E-state index in [1.807, 2.05) is 36.4 Å². The Kier molecular flexibility index (Phi) is 6.40. The predicted octanol–water partition coefficient (Wildman–Crippen LogP) is 5.32. The molecule has 0 aromatic heterocycles. The van der Waals surface area contributed by atoms with Crippen LogP contribution in [0.4, 0.5) is 5.69 Å². The van der Waals surface area contributed by atoms with Crippen molar-refractivity contribution in [1.82, 2.24) is 0 Å². The first-order chi connectivity index (χ1) is 12.6. The van der Waals surface area contributed by atoms with Gasteiger partial charge in [0.1, 0.15) is 11.5 Å². The molecule has 1 amide bonds. The third kappa shape index (κ3) is 5.40. The van der Waals surface area contributed by atoms with Crippen LogP contribution in [0.15, 0.2) is 48.5 Å². The minimum Gasteiger partial charge on any atom is -0.497 e. The largest absolute Gasteiger partial charge is 0.497 e. The van der Waals surface area contributed by atoms with Crippen LogP contribution in [0.25, 0.3) is 0 Å². The number of amides is 1. The van der Waals surface area contributed by atoms with E-state index in [1.165, 1.54) is 0 Å². The normalized spacial score (nSPS) is 19.6. The average Bonchev–Trinajstić information content (AvgIpc) is 2.65.